The van der Waals surface area contributed by atoms with Gasteiger partial charge in [-0.05, 0) is 49.1 Å². The normalized spacial score (nSPS) is 15.4. The second-order valence-corrected chi connectivity index (χ2v) is 8.36. The van der Waals surface area contributed by atoms with E-state index in [0.29, 0.717) is 17.8 Å². The molecule has 32 heavy (non-hydrogen) atoms. The van der Waals surface area contributed by atoms with Crippen molar-refractivity contribution in [1.82, 2.24) is 24.6 Å². The minimum absolute atomic E-state index is 0.216. The first kappa shape index (κ1) is 20.7. The zero-order valence-electron chi connectivity index (χ0n) is 18.2. The topological polar surface area (TPSA) is 92.2 Å². The minimum atomic E-state index is -0.216. The molecule has 2 N–H and O–H groups in total. The Balaban J connectivity index is 1.11. The van der Waals surface area contributed by atoms with Gasteiger partial charge in [-0.2, -0.15) is 4.98 Å². The summed E-state index contributed by atoms with van der Waals surface area (Å²) in [4.78, 5) is 11.4. The van der Waals surface area contributed by atoms with Crippen molar-refractivity contribution < 1.29 is 9.63 Å². The van der Waals surface area contributed by atoms with Crippen LogP contribution in [0.1, 0.15) is 24.2 Å². The first-order valence-electron chi connectivity index (χ1n) is 11.1. The molecule has 8 heteroatoms. The third-order valence-corrected chi connectivity index (χ3v) is 6.24. The zero-order chi connectivity index (χ0) is 21.9. The molecule has 1 fully saturated rings. The summed E-state index contributed by atoms with van der Waals surface area (Å²) in [5.41, 5.74) is 4.35. The number of aliphatic hydroxyl groups is 1. The zero-order valence-corrected chi connectivity index (χ0v) is 18.2. The van der Waals surface area contributed by atoms with Gasteiger partial charge >= 0.3 is 0 Å². The van der Waals surface area contributed by atoms with Crippen molar-refractivity contribution >= 4 is 17.0 Å². The van der Waals surface area contributed by atoms with E-state index >= 15 is 0 Å². The third kappa shape index (κ3) is 4.37. The van der Waals surface area contributed by atoms with E-state index in [9.17, 15) is 0 Å². The Labute approximate surface area is 186 Å². The second-order valence-electron chi connectivity index (χ2n) is 8.36. The summed E-state index contributed by atoms with van der Waals surface area (Å²) < 4.78 is 7.32. The molecule has 0 spiro atoms. The first-order valence-corrected chi connectivity index (χ1v) is 11.1. The Bertz CT molecular complexity index is 1170. The fourth-order valence-corrected chi connectivity index (χ4v) is 4.29. The maximum Gasteiger partial charge on any atom is 0.258 e. The first-order chi connectivity index (χ1) is 15.7. The van der Waals surface area contributed by atoms with Crippen molar-refractivity contribution in [3.63, 3.8) is 0 Å². The molecule has 8 nitrogen and oxygen atoms in total. The molecule has 166 valence electrons. The predicted octanol–water partition coefficient (Wildman–Crippen LogP) is 3.23. The molecule has 1 aliphatic heterocycles. The number of aliphatic hydroxyl groups excluding tert-OH is 1. The summed E-state index contributed by atoms with van der Waals surface area (Å²) >= 11 is 0. The van der Waals surface area contributed by atoms with Gasteiger partial charge in [0, 0.05) is 38.3 Å². The van der Waals surface area contributed by atoms with E-state index < -0.39 is 0 Å². The Morgan fingerprint density at radius 3 is 2.56 bits per heavy atom. The molecule has 2 aromatic carbocycles. The maximum absolute atomic E-state index is 9.07. The van der Waals surface area contributed by atoms with Gasteiger partial charge in [0.05, 0.1) is 11.0 Å². The number of aryl methyl sites for hydroxylation is 1. The van der Waals surface area contributed by atoms with Crippen LogP contribution in [0.4, 0.5) is 5.95 Å². The molecule has 4 aromatic rings. The quantitative estimate of drug-likeness (QED) is 0.463. The largest absolute Gasteiger partial charge is 0.388 e. The number of benzene rings is 2. The fraction of sp³-hybridized carbons (Fsp3) is 0.375. The third-order valence-electron chi connectivity index (χ3n) is 6.24. The monoisotopic (exact) mass is 432 g/mol. The lowest BCUT2D eigenvalue weighted by Crippen LogP contribution is -2.40. The van der Waals surface area contributed by atoms with E-state index in [1.54, 1.807) is 0 Å². The van der Waals surface area contributed by atoms with Gasteiger partial charge in [-0.25, -0.2) is 4.98 Å². The van der Waals surface area contributed by atoms with Gasteiger partial charge in [0.1, 0.15) is 6.61 Å². The maximum atomic E-state index is 9.07. The van der Waals surface area contributed by atoms with Crippen LogP contribution in [0.25, 0.3) is 22.5 Å². The highest BCUT2D eigenvalue weighted by atomic mass is 16.5. The van der Waals surface area contributed by atoms with E-state index in [1.807, 2.05) is 18.2 Å². The number of hydrogen-bond donors (Lipinski definition) is 2. The van der Waals surface area contributed by atoms with Gasteiger partial charge in [0.25, 0.3) is 5.89 Å². The standard InChI is InChI=1S/C24H28N6O2/c1-29-21-5-3-2-4-20(21)26-24(29)25-19-11-14-30(15-12-19)13-10-17-6-8-18(9-7-17)23-27-22(16-31)28-32-23/h2-9,19,31H,10-16H2,1H3,(H,25,26). The van der Waals surface area contributed by atoms with Crippen LogP contribution >= 0.6 is 0 Å². The Morgan fingerprint density at radius 1 is 1.06 bits per heavy atom. The smallest absolute Gasteiger partial charge is 0.258 e. The average molecular weight is 433 g/mol. The van der Waals surface area contributed by atoms with Crippen LogP contribution in [0.5, 0.6) is 0 Å². The minimum Gasteiger partial charge on any atom is -0.388 e. The van der Waals surface area contributed by atoms with Crippen molar-refractivity contribution in [2.24, 2.45) is 7.05 Å². The van der Waals surface area contributed by atoms with Crippen molar-refractivity contribution in [2.45, 2.75) is 31.9 Å². The van der Waals surface area contributed by atoms with E-state index in [0.717, 1.165) is 61.4 Å². The molecule has 0 saturated carbocycles. The van der Waals surface area contributed by atoms with Gasteiger partial charge < -0.3 is 24.4 Å². The summed E-state index contributed by atoms with van der Waals surface area (Å²) in [5, 5.41) is 16.4. The van der Waals surface area contributed by atoms with Gasteiger partial charge in [-0.3, -0.25) is 0 Å². The van der Waals surface area contributed by atoms with Crippen LogP contribution in [-0.4, -0.2) is 55.4 Å². The number of imidazole rings is 1. The lowest BCUT2D eigenvalue weighted by Gasteiger charge is -2.32. The predicted molar refractivity (Wildman–Crippen MR) is 123 cm³/mol. The summed E-state index contributed by atoms with van der Waals surface area (Å²) in [6, 6.07) is 16.9. The molecule has 3 heterocycles. The van der Waals surface area contributed by atoms with Crippen LogP contribution in [-0.2, 0) is 20.1 Å². The molecular weight excluding hydrogens is 404 g/mol. The molecule has 0 atom stereocenters. The summed E-state index contributed by atoms with van der Waals surface area (Å²) in [5.74, 6) is 1.70. The highest BCUT2D eigenvalue weighted by Crippen LogP contribution is 2.22. The number of rotatable bonds is 7. The summed E-state index contributed by atoms with van der Waals surface area (Å²) in [7, 11) is 2.07. The molecule has 5 rings (SSSR count). The molecular formula is C24H28N6O2. The molecule has 2 aromatic heterocycles. The number of likely N-dealkylation sites (tertiary alicyclic amines) is 1. The van der Waals surface area contributed by atoms with Gasteiger partial charge in [0.2, 0.25) is 5.95 Å². The summed E-state index contributed by atoms with van der Waals surface area (Å²) in [6.07, 6.45) is 3.24. The highest BCUT2D eigenvalue weighted by molar-refractivity contribution is 5.78. The number of aromatic nitrogens is 4. The summed E-state index contributed by atoms with van der Waals surface area (Å²) in [6.45, 7) is 3.01. The van der Waals surface area contributed by atoms with Crippen LogP contribution in [0.3, 0.4) is 0 Å². The van der Waals surface area contributed by atoms with Gasteiger partial charge in [-0.1, -0.05) is 29.4 Å². The number of anilines is 1. The van der Waals surface area contributed by atoms with Crippen molar-refractivity contribution in [1.29, 1.82) is 0 Å². The number of hydrogen-bond acceptors (Lipinski definition) is 7. The van der Waals surface area contributed by atoms with Crippen LogP contribution in [0.2, 0.25) is 0 Å². The molecule has 0 bridgehead atoms. The van der Waals surface area contributed by atoms with Crippen molar-refractivity contribution in [2.75, 3.05) is 25.0 Å². The lowest BCUT2D eigenvalue weighted by molar-refractivity contribution is 0.221. The number of para-hydroxylation sites is 2. The molecule has 0 radical (unpaired) electrons. The Kier molecular flexibility index (Phi) is 5.87. The lowest BCUT2D eigenvalue weighted by atomic mass is 10.0. The molecule has 1 aliphatic rings. The van der Waals surface area contributed by atoms with E-state index in [-0.39, 0.29) is 6.61 Å². The Hall–Kier alpha value is -3.23. The number of nitrogens with one attached hydrogen (secondary N) is 1. The molecule has 0 unspecified atom stereocenters. The van der Waals surface area contributed by atoms with E-state index in [4.69, 9.17) is 14.6 Å². The van der Waals surface area contributed by atoms with Crippen LogP contribution in [0, 0.1) is 0 Å². The molecule has 1 saturated heterocycles. The highest BCUT2D eigenvalue weighted by Gasteiger charge is 2.20. The fourth-order valence-electron chi connectivity index (χ4n) is 4.29. The second kappa shape index (κ2) is 9.10. The number of fused-ring (bicyclic) bond motifs is 1. The van der Waals surface area contributed by atoms with Gasteiger partial charge in [0.15, 0.2) is 5.82 Å². The molecule has 0 aliphatic carbocycles. The Morgan fingerprint density at radius 2 is 1.84 bits per heavy atom. The number of piperidine rings is 1. The molecule has 0 amide bonds. The van der Waals surface area contributed by atoms with Crippen LogP contribution in [0.15, 0.2) is 53.1 Å². The van der Waals surface area contributed by atoms with E-state index in [1.165, 1.54) is 5.56 Å². The van der Waals surface area contributed by atoms with Crippen LogP contribution < -0.4 is 5.32 Å². The SMILES string of the molecule is Cn1c(NC2CCN(CCc3ccc(-c4nc(CO)no4)cc3)CC2)nc2ccccc21. The number of nitrogens with zero attached hydrogens (tertiary/aromatic N) is 5. The van der Waals surface area contributed by atoms with Gasteiger partial charge in [-0.15, -0.1) is 0 Å². The van der Waals surface area contributed by atoms with E-state index in [2.05, 4.69) is 62.3 Å². The average Bonchev–Trinajstić information content (AvgIpc) is 3.44. The van der Waals surface area contributed by atoms with Crippen molar-refractivity contribution in [3.05, 3.63) is 59.9 Å². The van der Waals surface area contributed by atoms with Crippen molar-refractivity contribution in [3.8, 4) is 11.5 Å².